The van der Waals surface area contributed by atoms with E-state index in [9.17, 15) is 19.8 Å². The van der Waals surface area contributed by atoms with E-state index in [1.807, 2.05) is 11.0 Å². The second-order valence-electron chi connectivity index (χ2n) is 6.70. The highest BCUT2D eigenvalue weighted by Crippen LogP contribution is 2.68. The number of hydrogen-bond donors (Lipinski definition) is 3. The summed E-state index contributed by atoms with van der Waals surface area (Å²) in [5.41, 5.74) is -1.60. The molecule has 1 saturated carbocycles. The number of carboxylic acid groups (broad SMARTS) is 3. The molecule has 10 nitrogen and oxygen atoms in total. The SMILES string of the molecule is COc1ccc(CN2C[C@@]3(C(=O)O)C[C@@]3(C(=O)O)C2)c(OC)c1OC.O=CO. The molecule has 0 aromatic heterocycles. The van der Waals surface area contributed by atoms with Crippen molar-refractivity contribution in [3.63, 3.8) is 0 Å². The Bertz CT molecular complexity index is 753. The largest absolute Gasteiger partial charge is 0.493 e. The van der Waals surface area contributed by atoms with Crippen LogP contribution < -0.4 is 14.2 Å². The lowest BCUT2D eigenvalue weighted by molar-refractivity contribution is -0.151. The van der Waals surface area contributed by atoms with Gasteiger partial charge in [0, 0.05) is 25.2 Å². The molecule has 1 heterocycles. The number of nitrogens with zero attached hydrogens (tertiary/aromatic N) is 1. The summed E-state index contributed by atoms with van der Waals surface area (Å²) in [7, 11) is 4.55. The van der Waals surface area contributed by atoms with E-state index >= 15 is 0 Å². The van der Waals surface area contributed by atoms with Crippen LogP contribution in [0.2, 0.25) is 0 Å². The fourth-order valence-electron chi connectivity index (χ4n) is 4.04. The molecule has 2 atom stereocenters. The van der Waals surface area contributed by atoms with Gasteiger partial charge in [-0.1, -0.05) is 6.07 Å². The molecule has 3 N–H and O–H groups in total. The van der Waals surface area contributed by atoms with E-state index in [0.717, 1.165) is 5.56 Å². The highest BCUT2D eigenvalue weighted by Gasteiger charge is 2.80. The van der Waals surface area contributed by atoms with Crippen molar-refractivity contribution < 1.29 is 43.9 Å². The molecular weight excluding hydrogens is 374 g/mol. The lowest BCUT2D eigenvalue weighted by atomic mass is 9.97. The molecule has 1 aliphatic carbocycles. The molecule has 28 heavy (non-hydrogen) atoms. The van der Waals surface area contributed by atoms with Crippen molar-refractivity contribution in [1.82, 2.24) is 4.90 Å². The maximum absolute atomic E-state index is 11.6. The van der Waals surface area contributed by atoms with Gasteiger partial charge in [0.25, 0.3) is 6.47 Å². The second kappa shape index (κ2) is 7.93. The predicted octanol–water partition coefficient (Wildman–Crippen LogP) is 0.775. The van der Waals surface area contributed by atoms with Gasteiger partial charge in [0.1, 0.15) is 0 Å². The maximum Gasteiger partial charge on any atom is 0.312 e. The van der Waals surface area contributed by atoms with E-state index in [-0.39, 0.29) is 26.0 Å². The quantitative estimate of drug-likeness (QED) is 0.565. The first kappa shape index (κ1) is 21.3. The molecule has 2 fully saturated rings. The molecule has 1 aromatic carbocycles. The van der Waals surface area contributed by atoms with Crippen molar-refractivity contribution in [2.45, 2.75) is 13.0 Å². The monoisotopic (exact) mass is 397 g/mol. The van der Waals surface area contributed by atoms with E-state index in [1.54, 1.807) is 6.07 Å². The Kier molecular flexibility index (Phi) is 6.03. The third kappa shape index (κ3) is 3.19. The van der Waals surface area contributed by atoms with Crippen LogP contribution in [-0.2, 0) is 20.9 Å². The van der Waals surface area contributed by atoms with Crippen molar-refractivity contribution in [3.8, 4) is 17.2 Å². The Labute approximate surface area is 161 Å². The van der Waals surface area contributed by atoms with E-state index in [2.05, 4.69) is 0 Å². The van der Waals surface area contributed by atoms with Gasteiger partial charge in [-0.2, -0.15) is 0 Å². The van der Waals surface area contributed by atoms with Crippen LogP contribution in [-0.4, -0.2) is 73.0 Å². The van der Waals surface area contributed by atoms with Gasteiger partial charge in [-0.05, 0) is 12.5 Å². The fraction of sp³-hybridized carbons (Fsp3) is 0.500. The van der Waals surface area contributed by atoms with Gasteiger partial charge in [0.2, 0.25) is 5.75 Å². The summed E-state index contributed by atoms with van der Waals surface area (Å²) in [5, 5.41) is 25.9. The predicted molar refractivity (Wildman–Crippen MR) is 94.8 cm³/mol. The number of fused-ring (bicyclic) bond motifs is 1. The van der Waals surface area contributed by atoms with Crippen LogP contribution in [0.5, 0.6) is 17.2 Å². The second-order valence-corrected chi connectivity index (χ2v) is 6.70. The first-order chi connectivity index (χ1) is 13.3. The number of ether oxygens (including phenoxy) is 3. The topological polar surface area (TPSA) is 143 Å². The molecule has 10 heteroatoms. The Balaban J connectivity index is 0.000000878. The number of benzene rings is 1. The lowest BCUT2D eigenvalue weighted by Crippen LogP contribution is -2.28. The summed E-state index contributed by atoms with van der Waals surface area (Å²) in [6.45, 7) is 0.520. The third-order valence-electron chi connectivity index (χ3n) is 5.38. The van der Waals surface area contributed by atoms with Gasteiger partial charge in [-0.3, -0.25) is 19.3 Å². The highest BCUT2D eigenvalue weighted by atomic mass is 16.5. The molecule has 0 radical (unpaired) electrons. The van der Waals surface area contributed by atoms with E-state index < -0.39 is 22.8 Å². The molecule has 0 spiro atoms. The highest BCUT2D eigenvalue weighted by molar-refractivity contribution is 5.94. The van der Waals surface area contributed by atoms with Crippen LogP contribution in [0.3, 0.4) is 0 Å². The van der Waals surface area contributed by atoms with Crippen LogP contribution in [0.4, 0.5) is 0 Å². The lowest BCUT2D eigenvalue weighted by Gasteiger charge is -2.22. The van der Waals surface area contributed by atoms with Crippen molar-refractivity contribution in [2.75, 3.05) is 34.4 Å². The van der Waals surface area contributed by atoms with E-state index in [4.69, 9.17) is 24.1 Å². The first-order valence-corrected chi connectivity index (χ1v) is 8.31. The number of likely N-dealkylation sites (tertiary alicyclic amines) is 1. The number of rotatable bonds is 7. The standard InChI is InChI=1S/C17H21NO7.CH2O2/c1-23-11-5-4-10(12(24-2)13(11)25-3)6-18-8-16(14(19)20)7-17(16,9-18)15(21)22;2-1-3/h4-5H,6-9H2,1-3H3,(H,19,20)(H,21,22);1H,(H,2,3)/t16-,17+;. The van der Waals surface area contributed by atoms with Gasteiger partial charge >= 0.3 is 11.9 Å². The molecule has 0 unspecified atom stereocenters. The van der Waals surface area contributed by atoms with Gasteiger partial charge in [0.05, 0.1) is 32.2 Å². The van der Waals surface area contributed by atoms with Gasteiger partial charge in [0.15, 0.2) is 11.5 Å². The molecule has 3 rings (SSSR count). The zero-order chi connectivity index (χ0) is 21.1. The van der Waals surface area contributed by atoms with Crippen LogP contribution >= 0.6 is 0 Å². The Morgan fingerprint density at radius 3 is 1.93 bits per heavy atom. The van der Waals surface area contributed by atoms with E-state index in [0.29, 0.717) is 23.8 Å². The molecular formula is C18H23NO9. The normalized spacial score (nSPS) is 25.0. The van der Waals surface area contributed by atoms with Crippen LogP contribution in [0.1, 0.15) is 12.0 Å². The van der Waals surface area contributed by atoms with E-state index in [1.165, 1.54) is 21.3 Å². The minimum absolute atomic E-state index is 0.185. The van der Waals surface area contributed by atoms with Gasteiger partial charge < -0.3 is 29.5 Å². The average molecular weight is 397 g/mol. The molecule has 0 amide bonds. The smallest absolute Gasteiger partial charge is 0.312 e. The number of carbonyl (C=O) groups is 3. The Morgan fingerprint density at radius 2 is 1.54 bits per heavy atom. The van der Waals surface area contributed by atoms with Crippen LogP contribution in [0.25, 0.3) is 0 Å². The number of methoxy groups -OCH3 is 3. The zero-order valence-corrected chi connectivity index (χ0v) is 15.8. The summed E-state index contributed by atoms with van der Waals surface area (Å²) in [6.07, 6.45) is 0.185. The summed E-state index contributed by atoms with van der Waals surface area (Å²) < 4.78 is 16.0. The Morgan fingerprint density at radius 1 is 1.04 bits per heavy atom. The van der Waals surface area contributed by atoms with Crippen LogP contribution in [0.15, 0.2) is 12.1 Å². The number of piperidine rings is 1. The summed E-state index contributed by atoms with van der Waals surface area (Å²) in [4.78, 5) is 33.5. The molecule has 2 aliphatic rings. The summed E-state index contributed by atoms with van der Waals surface area (Å²) >= 11 is 0. The zero-order valence-electron chi connectivity index (χ0n) is 15.8. The number of aliphatic carboxylic acids is 2. The Hall–Kier alpha value is -3.01. The third-order valence-corrected chi connectivity index (χ3v) is 5.38. The van der Waals surface area contributed by atoms with Gasteiger partial charge in [-0.25, -0.2) is 0 Å². The molecule has 1 saturated heterocycles. The van der Waals surface area contributed by atoms with Crippen molar-refractivity contribution >= 4 is 18.4 Å². The van der Waals surface area contributed by atoms with Crippen LogP contribution in [0, 0.1) is 10.8 Å². The minimum atomic E-state index is -1.19. The summed E-state index contributed by atoms with van der Waals surface area (Å²) in [5.74, 6) is -0.617. The average Bonchev–Trinajstić information content (AvgIpc) is 3.20. The fourth-order valence-corrected chi connectivity index (χ4v) is 4.04. The number of hydrogen-bond acceptors (Lipinski definition) is 7. The van der Waals surface area contributed by atoms with Crippen molar-refractivity contribution in [2.24, 2.45) is 10.8 Å². The van der Waals surface area contributed by atoms with Crippen molar-refractivity contribution in [1.29, 1.82) is 0 Å². The number of carboxylic acids is 2. The van der Waals surface area contributed by atoms with Crippen molar-refractivity contribution in [3.05, 3.63) is 17.7 Å². The molecule has 1 aromatic rings. The molecule has 154 valence electrons. The first-order valence-electron chi connectivity index (χ1n) is 8.31. The molecule has 1 aliphatic heterocycles. The van der Waals surface area contributed by atoms with Gasteiger partial charge in [-0.15, -0.1) is 0 Å². The maximum atomic E-state index is 11.6. The minimum Gasteiger partial charge on any atom is -0.493 e. The molecule has 0 bridgehead atoms. The summed E-state index contributed by atoms with van der Waals surface area (Å²) in [6, 6.07) is 3.55.